The van der Waals surface area contributed by atoms with E-state index in [4.69, 9.17) is 4.74 Å². The second-order valence-corrected chi connectivity index (χ2v) is 11.7. The Kier molecular flexibility index (Phi) is 8.39. The average Bonchev–Trinajstić information content (AvgIpc) is 3.30. The molecule has 2 fully saturated rings. The number of rotatable bonds is 7. The Hall–Kier alpha value is -4.19. The van der Waals surface area contributed by atoms with Crippen LogP contribution in [0.4, 0.5) is 16.6 Å². The number of hydrazine groups is 1. The number of aromatic nitrogens is 3. The van der Waals surface area contributed by atoms with Crippen LogP contribution < -0.4 is 16.2 Å². The summed E-state index contributed by atoms with van der Waals surface area (Å²) in [6.45, 7) is 9.11. The minimum Gasteiger partial charge on any atom is -0.444 e. The molecule has 218 valence electrons. The van der Waals surface area contributed by atoms with Crippen LogP contribution in [0.2, 0.25) is 0 Å². The predicted molar refractivity (Wildman–Crippen MR) is 154 cm³/mol. The zero-order valence-corrected chi connectivity index (χ0v) is 23.8. The van der Waals surface area contributed by atoms with E-state index in [2.05, 4.69) is 36.0 Å². The first-order valence-corrected chi connectivity index (χ1v) is 14.1. The third-order valence-corrected chi connectivity index (χ3v) is 7.26. The van der Waals surface area contributed by atoms with Gasteiger partial charge in [0.25, 0.3) is 5.91 Å². The van der Waals surface area contributed by atoms with Crippen LogP contribution in [0.15, 0.2) is 36.5 Å². The zero-order valence-electron chi connectivity index (χ0n) is 23.8. The van der Waals surface area contributed by atoms with E-state index in [1.54, 1.807) is 29.3 Å². The highest BCUT2D eigenvalue weighted by Crippen LogP contribution is 2.29. The van der Waals surface area contributed by atoms with Crippen molar-refractivity contribution in [3.8, 4) is 0 Å². The van der Waals surface area contributed by atoms with Gasteiger partial charge in [0.15, 0.2) is 0 Å². The molecule has 3 amide bonds. The highest BCUT2D eigenvalue weighted by molar-refractivity contribution is 5.98. The number of anilines is 2. The van der Waals surface area contributed by atoms with Crippen LogP contribution in [0.5, 0.6) is 0 Å². The van der Waals surface area contributed by atoms with E-state index in [-0.39, 0.29) is 17.9 Å². The summed E-state index contributed by atoms with van der Waals surface area (Å²) in [7, 11) is 0. The normalized spacial score (nSPS) is 16.2. The number of hydrogen-bond donors (Lipinski definition) is 4. The van der Waals surface area contributed by atoms with E-state index in [9.17, 15) is 14.4 Å². The van der Waals surface area contributed by atoms with E-state index >= 15 is 0 Å². The Morgan fingerprint density at radius 2 is 1.83 bits per heavy atom. The van der Waals surface area contributed by atoms with Gasteiger partial charge < -0.3 is 19.9 Å². The van der Waals surface area contributed by atoms with Crippen molar-refractivity contribution in [2.75, 3.05) is 31.5 Å². The summed E-state index contributed by atoms with van der Waals surface area (Å²) in [5.74, 6) is 1.01. The number of H-pyrrole nitrogens is 1. The van der Waals surface area contributed by atoms with Gasteiger partial charge in [-0.15, -0.1) is 0 Å². The van der Waals surface area contributed by atoms with E-state index in [1.165, 1.54) is 6.42 Å². The fourth-order valence-corrected chi connectivity index (χ4v) is 4.85. The van der Waals surface area contributed by atoms with Crippen LogP contribution in [0, 0.1) is 5.92 Å². The van der Waals surface area contributed by atoms with Crippen molar-refractivity contribution < 1.29 is 19.1 Å². The molecule has 2 aliphatic rings. The molecule has 4 N–H and O–H groups in total. The molecule has 41 heavy (non-hydrogen) atoms. The van der Waals surface area contributed by atoms with Gasteiger partial charge in [0.05, 0.1) is 11.0 Å². The van der Waals surface area contributed by atoms with Gasteiger partial charge in [0, 0.05) is 50.9 Å². The van der Waals surface area contributed by atoms with Crippen LogP contribution in [0.25, 0.3) is 11.0 Å². The monoisotopic (exact) mass is 562 g/mol. The molecule has 0 unspecified atom stereocenters. The third kappa shape index (κ3) is 7.72. The molecule has 1 aliphatic heterocycles. The highest BCUT2D eigenvalue weighted by Gasteiger charge is 2.26. The highest BCUT2D eigenvalue weighted by atomic mass is 16.6. The van der Waals surface area contributed by atoms with Gasteiger partial charge in [-0.2, -0.15) is 0 Å². The molecular weight excluding hydrogens is 524 g/mol. The molecule has 1 aromatic carbocycles. The van der Waals surface area contributed by atoms with Crippen molar-refractivity contribution in [3.63, 3.8) is 0 Å². The molecule has 2 aromatic heterocycles. The summed E-state index contributed by atoms with van der Waals surface area (Å²) in [5, 5.41) is 3.21. The van der Waals surface area contributed by atoms with Crippen molar-refractivity contribution in [2.45, 2.75) is 58.6 Å². The van der Waals surface area contributed by atoms with Crippen LogP contribution in [-0.2, 0) is 16.1 Å². The van der Waals surface area contributed by atoms with Crippen LogP contribution >= 0.6 is 0 Å². The predicted octanol–water partition coefficient (Wildman–Crippen LogP) is 3.71. The number of nitrogens with one attached hydrogen (secondary N) is 4. The van der Waals surface area contributed by atoms with Gasteiger partial charge in [-0.1, -0.05) is 6.42 Å². The van der Waals surface area contributed by atoms with E-state index < -0.39 is 5.60 Å². The lowest BCUT2D eigenvalue weighted by molar-refractivity contribution is -0.123. The standard InChI is InChI=1S/C29H38N8O4/c1-29(2,3)41-28(40)37-13-11-36(12-14-37)18-20-9-10-30-24(15-20)33-27-31-22-8-7-21(17-23(22)32-27)26(39)35-34-25(38)16-19-5-4-6-19/h7-10,15,17,19H,4-6,11-14,16,18H2,1-3H3,(H,34,38)(H,35,39)(H2,30,31,32,33). The van der Waals surface area contributed by atoms with Crippen LogP contribution in [0.3, 0.4) is 0 Å². The lowest BCUT2D eigenvalue weighted by Crippen LogP contribution is -2.49. The van der Waals surface area contributed by atoms with Gasteiger partial charge in [-0.05, 0) is 75.4 Å². The molecule has 1 saturated carbocycles. The first-order valence-electron chi connectivity index (χ1n) is 14.1. The molecular formula is C29H38N8O4. The number of carbonyl (C=O) groups excluding carboxylic acids is 3. The smallest absolute Gasteiger partial charge is 0.410 e. The minimum absolute atomic E-state index is 0.171. The number of pyridine rings is 1. The summed E-state index contributed by atoms with van der Waals surface area (Å²) in [6.07, 6.45) is 5.24. The van der Waals surface area contributed by atoms with E-state index in [1.807, 2.05) is 32.9 Å². The number of nitrogens with zero attached hydrogens (tertiary/aromatic N) is 4. The minimum atomic E-state index is -0.501. The zero-order chi connectivity index (χ0) is 29.0. The number of benzene rings is 1. The molecule has 5 rings (SSSR count). The number of ether oxygens (including phenoxy) is 1. The maximum Gasteiger partial charge on any atom is 0.410 e. The SMILES string of the molecule is CC(C)(C)OC(=O)N1CCN(Cc2ccnc(Nc3nc4ccc(C(=O)NNC(=O)CC5CCC5)cc4[nH]3)c2)CC1. The Bertz CT molecular complexity index is 1400. The summed E-state index contributed by atoms with van der Waals surface area (Å²) in [6, 6.07) is 9.06. The van der Waals surface area contributed by atoms with Crippen molar-refractivity contribution in [2.24, 2.45) is 5.92 Å². The largest absolute Gasteiger partial charge is 0.444 e. The summed E-state index contributed by atoms with van der Waals surface area (Å²) in [5.41, 5.74) is 7.36. The Morgan fingerprint density at radius 3 is 2.54 bits per heavy atom. The number of fused-ring (bicyclic) bond motifs is 1. The second-order valence-electron chi connectivity index (χ2n) is 11.7. The van der Waals surface area contributed by atoms with Crippen LogP contribution in [0.1, 0.15) is 62.4 Å². The molecule has 0 bridgehead atoms. The van der Waals surface area contributed by atoms with Gasteiger partial charge in [0.2, 0.25) is 11.9 Å². The van der Waals surface area contributed by atoms with Crippen molar-refractivity contribution in [1.29, 1.82) is 0 Å². The van der Waals surface area contributed by atoms with Crippen LogP contribution in [-0.4, -0.2) is 74.4 Å². The van der Waals surface area contributed by atoms with E-state index in [0.29, 0.717) is 53.8 Å². The molecule has 1 saturated heterocycles. The number of piperazine rings is 1. The average molecular weight is 563 g/mol. The molecule has 3 heterocycles. The maximum atomic E-state index is 12.6. The molecule has 3 aromatic rings. The number of amides is 3. The number of aromatic amines is 1. The molecule has 0 radical (unpaired) electrons. The summed E-state index contributed by atoms with van der Waals surface area (Å²) in [4.78, 5) is 53.1. The fourth-order valence-electron chi connectivity index (χ4n) is 4.85. The summed E-state index contributed by atoms with van der Waals surface area (Å²) < 4.78 is 5.49. The fraction of sp³-hybridized carbons (Fsp3) is 0.483. The molecule has 12 heteroatoms. The topological polar surface area (TPSA) is 145 Å². The van der Waals surface area contributed by atoms with Crippen molar-refractivity contribution >= 4 is 40.7 Å². The number of hydrogen-bond acceptors (Lipinski definition) is 8. The lowest BCUT2D eigenvalue weighted by Gasteiger charge is -2.35. The Labute approximate surface area is 239 Å². The van der Waals surface area contributed by atoms with Crippen molar-refractivity contribution in [3.05, 3.63) is 47.7 Å². The lowest BCUT2D eigenvalue weighted by atomic mass is 9.83. The molecule has 1 aliphatic carbocycles. The quantitative estimate of drug-likeness (QED) is 0.319. The van der Waals surface area contributed by atoms with E-state index in [0.717, 1.165) is 38.0 Å². The molecule has 12 nitrogen and oxygen atoms in total. The van der Waals surface area contributed by atoms with Gasteiger partial charge >= 0.3 is 6.09 Å². The molecule has 0 atom stereocenters. The first-order chi connectivity index (χ1) is 19.6. The van der Waals surface area contributed by atoms with Gasteiger partial charge in [0.1, 0.15) is 11.4 Å². The van der Waals surface area contributed by atoms with Gasteiger partial charge in [-0.25, -0.2) is 14.8 Å². The maximum absolute atomic E-state index is 12.6. The van der Waals surface area contributed by atoms with Gasteiger partial charge in [-0.3, -0.25) is 25.3 Å². The Morgan fingerprint density at radius 1 is 1.05 bits per heavy atom. The number of carbonyl (C=O) groups is 3. The van der Waals surface area contributed by atoms with Crippen molar-refractivity contribution in [1.82, 2.24) is 35.6 Å². The first kappa shape index (κ1) is 28.3. The Balaban J connectivity index is 1.13. The third-order valence-electron chi connectivity index (χ3n) is 7.26. The second kappa shape index (κ2) is 12.1. The number of imidazole rings is 1. The summed E-state index contributed by atoms with van der Waals surface area (Å²) >= 11 is 0. The molecule has 0 spiro atoms.